The molecule has 1 aromatic rings. The van der Waals surface area contributed by atoms with Crippen LogP contribution < -0.4 is 5.56 Å². The molecule has 0 aliphatic heterocycles. The Morgan fingerprint density at radius 2 is 2.20 bits per heavy atom. The highest BCUT2D eigenvalue weighted by Crippen LogP contribution is 2.08. The van der Waals surface area contributed by atoms with Crippen LogP contribution in [0.4, 0.5) is 0 Å². The van der Waals surface area contributed by atoms with Crippen molar-refractivity contribution in [3.63, 3.8) is 0 Å². The van der Waals surface area contributed by atoms with Gasteiger partial charge in [-0.15, -0.1) is 0 Å². The second kappa shape index (κ2) is 9.28. The summed E-state index contributed by atoms with van der Waals surface area (Å²) in [5.74, 6) is -0.260. The molecule has 1 unspecified atom stereocenters. The molecule has 1 rings (SSSR count). The SMILES string of the molecule is CCCCCCC(C)OC(=O)CCn1cnccc1=O. The van der Waals surface area contributed by atoms with Gasteiger partial charge in [-0.25, -0.2) is 4.98 Å². The van der Waals surface area contributed by atoms with E-state index < -0.39 is 0 Å². The largest absolute Gasteiger partial charge is 0.463 e. The Morgan fingerprint density at radius 1 is 1.40 bits per heavy atom. The van der Waals surface area contributed by atoms with Gasteiger partial charge in [0.1, 0.15) is 0 Å². The third-order valence-corrected chi connectivity index (χ3v) is 3.15. The summed E-state index contributed by atoms with van der Waals surface area (Å²) >= 11 is 0. The minimum atomic E-state index is -0.260. The van der Waals surface area contributed by atoms with Crippen LogP contribution in [0.3, 0.4) is 0 Å². The first kappa shape index (κ1) is 16.4. The fraction of sp³-hybridized carbons (Fsp3) is 0.667. The predicted octanol–water partition coefficient (Wildman–Crippen LogP) is 2.54. The number of aryl methyl sites for hydroxylation is 1. The summed E-state index contributed by atoms with van der Waals surface area (Å²) in [6.45, 7) is 4.40. The molecule has 0 fully saturated rings. The van der Waals surface area contributed by atoms with Crippen LogP contribution >= 0.6 is 0 Å². The third-order valence-electron chi connectivity index (χ3n) is 3.15. The van der Waals surface area contributed by atoms with E-state index in [4.69, 9.17) is 4.74 Å². The predicted molar refractivity (Wildman–Crippen MR) is 77.4 cm³/mol. The van der Waals surface area contributed by atoms with Gasteiger partial charge < -0.3 is 4.74 Å². The number of hydrogen-bond acceptors (Lipinski definition) is 4. The van der Waals surface area contributed by atoms with E-state index in [-0.39, 0.29) is 24.1 Å². The van der Waals surface area contributed by atoms with Gasteiger partial charge in [0, 0.05) is 18.8 Å². The van der Waals surface area contributed by atoms with Crippen LogP contribution in [0.5, 0.6) is 0 Å². The fourth-order valence-corrected chi connectivity index (χ4v) is 1.96. The van der Waals surface area contributed by atoms with Crippen LogP contribution in [0.25, 0.3) is 0 Å². The Hall–Kier alpha value is -1.65. The number of nitrogens with zero attached hydrogens (tertiary/aromatic N) is 2. The highest BCUT2D eigenvalue weighted by Gasteiger charge is 2.09. The molecule has 0 saturated heterocycles. The third kappa shape index (κ3) is 6.50. The summed E-state index contributed by atoms with van der Waals surface area (Å²) in [5, 5.41) is 0. The first-order valence-electron chi connectivity index (χ1n) is 7.33. The highest BCUT2D eigenvalue weighted by molar-refractivity contribution is 5.69. The summed E-state index contributed by atoms with van der Waals surface area (Å²) in [6, 6.07) is 1.38. The maximum atomic E-state index is 11.7. The molecule has 5 nitrogen and oxygen atoms in total. The standard InChI is InChI=1S/C15H24N2O3/c1-3-4-5-6-7-13(2)20-15(19)9-11-17-12-16-10-8-14(17)18/h8,10,12-13H,3-7,9,11H2,1-2H3. The van der Waals surface area contributed by atoms with Gasteiger partial charge in [-0.3, -0.25) is 14.2 Å². The lowest BCUT2D eigenvalue weighted by Crippen LogP contribution is -2.22. The molecule has 0 bridgehead atoms. The average Bonchev–Trinajstić information content (AvgIpc) is 2.43. The van der Waals surface area contributed by atoms with Crippen LogP contribution in [0, 0.1) is 0 Å². The van der Waals surface area contributed by atoms with E-state index in [0.29, 0.717) is 6.54 Å². The zero-order valence-electron chi connectivity index (χ0n) is 12.4. The fourth-order valence-electron chi connectivity index (χ4n) is 1.96. The van der Waals surface area contributed by atoms with Gasteiger partial charge in [-0.2, -0.15) is 0 Å². The van der Waals surface area contributed by atoms with E-state index in [0.717, 1.165) is 12.8 Å². The monoisotopic (exact) mass is 280 g/mol. The lowest BCUT2D eigenvalue weighted by atomic mass is 10.1. The lowest BCUT2D eigenvalue weighted by Gasteiger charge is -2.13. The normalized spacial score (nSPS) is 12.1. The summed E-state index contributed by atoms with van der Waals surface area (Å²) in [7, 11) is 0. The lowest BCUT2D eigenvalue weighted by molar-refractivity contribution is -0.148. The number of ether oxygens (including phenoxy) is 1. The van der Waals surface area contributed by atoms with Gasteiger partial charge in [-0.05, 0) is 19.8 Å². The Bertz CT molecular complexity index is 456. The zero-order valence-corrected chi connectivity index (χ0v) is 12.4. The molecule has 5 heteroatoms. The van der Waals surface area contributed by atoms with Crippen LogP contribution in [0.2, 0.25) is 0 Å². The van der Waals surface area contributed by atoms with Crippen molar-refractivity contribution in [2.24, 2.45) is 0 Å². The Labute approximate surface area is 120 Å². The molecule has 0 spiro atoms. The molecule has 0 N–H and O–H groups in total. The molecule has 1 heterocycles. The second-order valence-electron chi connectivity index (χ2n) is 5.01. The van der Waals surface area contributed by atoms with Gasteiger partial charge in [0.2, 0.25) is 0 Å². The molecule has 0 aliphatic carbocycles. The first-order chi connectivity index (χ1) is 9.63. The number of rotatable bonds is 9. The summed E-state index contributed by atoms with van der Waals surface area (Å²) < 4.78 is 6.73. The van der Waals surface area contributed by atoms with Gasteiger partial charge in [-0.1, -0.05) is 26.2 Å². The van der Waals surface area contributed by atoms with Gasteiger partial charge in [0.15, 0.2) is 0 Å². The number of carbonyl (C=O) groups excluding carboxylic acids is 1. The molecular weight excluding hydrogens is 256 g/mol. The van der Waals surface area contributed by atoms with E-state index in [1.54, 1.807) is 0 Å². The molecule has 1 aromatic heterocycles. The van der Waals surface area contributed by atoms with Crippen molar-refractivity contribution in [3.05, 3.63) is 28.9 Å². The molecule has 112 valence electrons. The van der Waals surface area contributed by atoms with Crippen molar-refractivity contribution in [2.45, 2.75) is 65.0 Å². The first-order valence-corrected chi connectivity index (χ1v) is 7.33. The van der Waals surface area contributed by atoms with Crippen molar-refractivity contribution in [1.82, 2.24) is 9.55 Å². The molecule has 20 heavy (non-hydrogen) atoms. The quantitative estimate of drug-likeness (QED) is 0.515. The van der Waals surface area contributed by atoms with Crippen molar-refractivity contribution in [1.29, 1.82) is 0 Å². The van der Waals surface area contributed by atoms with E-state index >= 15 is 0 Å². The van der Waals surface area contributed by atoms with Gasteiger partial charge >= 0.3 is 5.97 Å². The Morgan fingerprint density at radius 3 is 2.90 bits per heavy atom. The summed E-state index contributed by atoms with van der Waals surface area (Å²) in [4.78, 5) is 26.9. The van der Waals surface area contributed by atoms with Crippen molar-refractivity contribution >= 4 is 5.97 Å². The van der Waals surface area contributed by atoms with E-state index in [9.17, 15) is 9.59 Å². The molecule has 0 radical (unpaired) electrons. The van der Waals surface area contributed by atoms with Gasteiger partial charge in [0.25, 0.3) is 5.56 Å². The van der Waals surface area contributed by atoms with Crippen molar-refractivity contribution in [3.8, 4) is 0 Å². The zero-order chi connectivity index (χ0) is 14.8. The maximum absolute atomic E-state index is 11.7. The molecule has 0 aliphatic rings. The second-order valence-corrected chi connectivity index (χ2v) is 5.01. The number of aromatic nitrogens is 2. The Balaban J connectivity index is 2.23. The van der Waals surface area contributed by atoms with Crippen molar-refractivity contribution in [2.75, 3.05) is 0 Å². The minimum absolute atomic E-state index is 0.0509. The maximum Gasteiger partial charge on any atom is 0.307 e. The minimum Gasteiger partial charge on any atom is -0.463 e. The van der Waals surface area contributed by atoms with Gasteiger partial charge in [0.05, 0.1) is 18.9 Å². The number of esters is 1. The highest BCUT2D eigenvalue weighted by atomic mass is 16.5. The number of carbonyl (C=O) groups is 1. The van der Waals surface area contributed by atoms with Crippen LogP contribution in [0.1, 0.15) is 52.4 Å². The average molecular weight is 280 g/mol. The smallest absolute Gasteiger partial charge is 0.307 e. The molecule has 0 saturated carbocycles. The number of unbranched alkanes of at least 4 members (excludes halogenated alkanes) is 3. The molecular formula is C15H24N2O3. The van der Waals surface area contributed by atoms with Crippen molar-refractivity contribution < 1.29 is 9.53 Å². The molecule has 0 aromatic carbocycles. The van der Waals surface area contributed by atoms with Crippen LogP contribution in [-0.4, -0.2) is 21.6 Å². The molecule has 1 atom stereocenters. The topological polar surface area (TPSA) is 61.2 Å². The van der Waals surface area contributed by atoms with Crippen LogP contribution in [-0.2, 0) is 16.1 Å². The Kier molecular flexibility index (Phi) is 7.62. The van der Waals surface area contributed by atoms with Crippen LogP contribution in [0.15, 0.2) is 23.4 Å². The summed E-state index contributed by atoms with van der Waals surface area (Å²) in [5.41, 5.74) is -0.152. The van der Waals surface area contributed by atoms with E-state index in [1.165, 1.54) is 42.4 Å². The molecule has 0 amide bonds. The summed E-state index contributed by atoms with van der Waals surface area (Å²) in [6.07, 6.45) is 8.62. The number of hydrogen-bond donors (Lipinski definition) is 0. The van der Waals surface area contributed by atoms with E-state index in [1.807, 2.05) is 6.92 Å². The van der Waals surface area contributed by atoms with E-state index in [2.05, 4.69) is 11.9 Å².